The van der Waals surface area contributed by atoms with Crippen LogP contribution in [-0.2, 0) is 14.3 Å². The molecule has 0 aliphatic heterocycles. The molecule has 0 saturated carbocycles. The largest absolute Gasteiger partial charge is 0.451 e. The Labute approximate surface area is 64.9 Å². The van der Waals surface area contributed by atoms with E-state index in [1.165, 1.54) is 6.92 Å². The maximum Gasteiger partial charge on any atom is 0.326 e. The van der Waals surface area contributed by atoms with Crippen molar-refractivity contribution in [1.29, 1.82) is 0 Å². The van der Waals surface area contributed by atoms with Crippen LogP contribution in [0.25, 0.3) is 0 Å². The van der Waals surface area contributed by atoms with E-state index in [4.69, 9.17) is 6.42 Å². The van der Waals surface area contributed by atoms with Crippen molar-refractivity contribution < 1.29 is 14.3 Å². The molecule has 0 aromatic heterocycles. The first-order chi connectivity index (χ1) is 5.16. The van der Waals surface area contributed by atoms with Gasteiger partial charge in [0.05, 0.1) is 0 Å². The monoisotopic (exact) mass is 155 g/mol. The Kier molecular flexibility index (Phi) is 4.58. The van der Waals surface area contributed by atoms with Crippen molar-refractivity contribution in [2.75, 3.05) is 13.2 Å². The second-order valence-electron chi connectivity index (χ2n) is 1.77. The molecule has 0 heterocycles. The summed E-state index contributed by atoms with van der Waals surface area (Å²) in [6.45, 7) is 1.13. The molecule has 0 unspecified atom stereocenters. The quantitative estimate of drug-likeness (QED) is 0.433. The number of esters is 1. The summed E-state index contributed by atoms with van der Waals surface area (Å²) in [7, 11) is 0. The second kappa shape index (κ2) is 5.30. The van der Waals surface area contributed by atoms with Crippen LogP contribution in [-0.4, -0.2) is 25.0 Å². The smallest absolute Gasteiger partial charge is 0.326 e. The van der Waals surface area contributed by atoms with E-state index < -0.39 is 5.97 Å². The van der Waals surface area contributed by atoms with Crippen molar-refractivity contribution in [3.05, 3.63) is 0 Å². The van der Waals surface area contributed by atoms with Crippen LogP contribution in [0.1, 0.15) is 6.92 Å². The van der Waals surface area contributed by atoms with Crippen molar-refractivity contribution in [3.63, 3.8) is 0 Å². The van der Waals surface area contributed by atoms with Gasteiger partial charge in [0, 0.05) is 6.92 Å². The highest BCUT2D eigenvalue weighted by molar-refractivity contribution is 5.80. The van der Waals surface area contributed by atoms with E-state index in [0.717, 1.165) is 0 Å². The fraction of sp³-hybridized carbons (Fsp3) is 0.429. The number of amides is 1. The minimum absolute atomic E-state index is 0.0571. The van der Waals surface area contributed by atoms with Gasteiger partial charge in [-0.2, -0.15) is 0 Å². The van der Waals surface area contributed by atoms with Crippen molar-refractivity contribution in [1.82, 2.24) is 5.32 Å². The number of carbonyl (C=O) groups excluding carboxylic acids is 2. The molecule has 0 rings (SSSR count). The molecule has 0 radical (unpaired) electrons. The maximum absolute atomic E-state index is 10.6. The van der Waals surface area contributed by atoms with Gasteiger partial charge in [0.2, 0.25) is 5.91 Å². The molecule has 0 aliphatic carbocycles. The highest BCUT2D eigenvalue weighted by Crippen LogP contribution is 1.74. The third-order valence-corrected chi connectivity index (χ3v) is 0.798. The van der Waals surface area contributed by atoms with Gasteiger partial charge in [0.1, 0.15) is 6.54 Å². The molecule has 0 spiro atoms. The van der Waals surface area contributed by atoms with E-state index in [-0.39, 0.29) is 19.1 Å². The lowest BCUT2D eigenvalue weighted by atomic mass is 10.6. The van der Waals surface area contributed by atoms with Crippen molar-refractivity contribution in [2.24, 2.45) is 0 Å². The Morgan fingerprint density at radius 1 is 1.64 bits per heavy atom. The molecule has 0 aliphatic rings. The summed E-state index contributed by atoms with van der Waals surface area (Å²) in [6, 6.07) is 0. The summed E-state index contributed by atoms with van der Waals surface area (Å²) in [5.74, 6) is 1.33. The zero-order valence-corrected chi connectivity index (χ0v) is 6.22. The third kappa shape index (κ3) is 6.38. The Balaban J connectivity index is 3.39. The number of rotatable bonds is 3. The molecule has 4 heteroatoms. The average Bonchev–Trinajstić information content (AvgIpc) is 1.97. The summed E-state index contributed by atoms with van der Waals surface area (Å²) < 4.78 is 4.45. The van der Waals surface area contributed by atoms with E-state index in [9.17, 15) is 9.59 Å². The number of carbonyl (C=O) groups is 2. The van der Waals surface area contributed by atoms with Crippen molar-refractivity contribution in [3.8, 4) is 12.3 Å². The van der Waals surface area contributed by atoms with Gasteiger partial charge in [-0.05, 0) is 0 Å². The predicted molar refractivity (Wildman–Crippen MR) is 38.5 cm³/mol. The van der Waals surface area contributed by atoms with Gasteiger partial charge < -0.3 is 10.1 Å². The number of ether oxygens (including phenoxy) is 1. The lowest BCUT2D eigenvalue weighted by molar-refractivity contribution is -0.142. The molecule has 60 valence electrons. The van der Waals surface area contributed by atoms with Crippen molar-refractivity contribution in [2.45, 2.75) is 6.92 Å². The summed E-state index contributed by atoms with van der Waals surface area (Å²) >= 11 is 0. The molecular formula is C7H9NO3. The highest BCUT2D eigenvalue weighted by atomic mass is 16.5. The Morgan fingerprint density at radius 3 is 2.73 bits per heavy atom. The van der Waals surface area contributed by atoms with E-state index in [1.807, 2.05) is 0 Å². The number of nitrogens with one attached hydrogen (secondary N) is 1. The molecule has 1 N–H and O–H groups in total. The number of hydrogen-bond donors (Lipinski definition) is 1. The fourth-order valence-corrected chi connectivity index (χ4v) is 0.370. The SMILES string of the molecule is C#CCOC(=O)CNC(C)=O. The van der Waals surface area contributed by atoms with Gasteiger partial charge in [-0.15, -0.1) is 6.42 Å². The van der Waals surface area contributed by atoms with E-state index in [1.54, 1.807) is 0 Å². The van der Waals surface area contributed by atoms with E-state index in [0.29, 0.717) is 0 Å². The van der Waals surface area contributed by atoms with Gasteiger partial charge in [0.15, 0.2) is 6.61 Å². The van der Waals surface area contributed by atoms with Crippen LogP contribution in [0, 0.1) is 12.3 Å². The van der Waals surface area contributed by atoms with E-state index >= 15 is 0 Å². The molecule has 0 fully saturated rings. The molecule has 0 saturated heterocycles. The minimum atomic E-state index is -0.529. The van der Waals surface area contributed by atoms with Crippen LogP contribution in [0.15, 0.2) is 0 Å². The van der Waals surface area contributed by atoms with Gasteiger partial charge in [-0.3, -0.25) is 9.59 Å². The Hall–Kier alpha value is -1.50. The molecule has 0 bridgehead atoms. The van der Waals surface area contributed by atoms with Gasteiger partial charge in [0.25, 0.3) is 0 Å². The van der Waals surface area contributed by atoms with Crippen LogP contribution in [0.5, 0.6) is 0 Å². The summed E-state index contributed by atoms with van der Waals surface area (Å²) in [5, 5.41) is 2.27. The fourth-order valence-electron chi connectivity index (χ4n) is 0.370. The lowest BCUT2D eigenvalue weighted by Crippen LogP contribution is -2.28. The topological polar surface area (TPSA) is 55.4 Å². The molecular weight excluding hydrogens is 146 g/mol. The Morgan fingerprint density at radius 2 is 2.27 bits per heavy atom. The van der Waals surface area contributed by atoms with Crippen molar-refractivity contribution >= 4 is 11.9 Å². The van der Waals surface area contributed by atoms with Crippen LogP contribution in [0.2, 0.25) is 0 Å². The summed E-state index contributed by atoms with van der Waals surface area (Å²) in [6.07, 6.45) is 4.82. The normalized spacial score (nSPS) is 8.00. The zero-order chi connectivity index (χ0) is 8.69. The van der Waals surface area contributed by atoms with Crippen LogP contribution >= 0.6 is 0 Å². The van der Waals surface area contributed by atoms with Crippen LogP contribution in [0.4, 0.5) is 0 Å². The third-order valence-electron chi connectivity index (χ3n) is 0.798. The highest BCUT2D eigenvalue weighted by Gasteiger charge is 2.00. The average molecular weight is 155 g/mol. The molecule has 1 amide bonds. The van der Waals surface area contributed by atoms with Crippen LogP contribution < -0.4 is 5.32 Å². The standard InChI is InChI=1S/C7H9NO3/c1-3-4-11-7(10)5-8-6(2)9/h1H,4-5H2,2H3,(H,8,9). The van der Waals surface area contributed by atoms with Gasteiger partial charge in [-0.25, -0.2) is 0 Å². The molecule has 0 aromatic carbocycles. The molecule has 0 atom stereocenters. The first-order valence-corrected chi connectivity index (χ1v) is 3.00. The predicted octanol–water partition coefficient (Wildman–Crippen LogP) is -0.701. The summed E-state index contributed by atoms with van der Waals surface area (Å²) in [5.41, 5.74) is 0. The molecule has 0 aromatic rings. The lowest BCUT2D eigenvalue weighted by Gasteiger charge is -2.00. The molecule has 11 heavy (non-hydrogen) atoms. The number of terminal acetylenes is 1. The Bertz CT molecular complexity index is 192. The van der Waals surface area contributed by atoms with Gasteiger partial charge in [-0.1, -0.05) is 5.92 Å². The summed E-state index contributed by atoms with van der Waals surface area (Å²) in [4.78, 5) is 20.8. The first kappa shape index (κ1) is 9.50. The van der Waals surface area contributed by atoms with Gasteiger partial charge >= 0.3 is 5.97 Å². The second-order valence-corrected chi connectivity index (χ2v) is 1.77. The number of hydrogen-bond acceptors (Lipinski definition) is 3. The van der Waals surface area contributed by atoms with E-state index in [2.05, 4.69) is 16.0 Å². The zero-order valence-electron chi connectivity index (χ0n) is 6.22. The molecule has 4 nitrogen and oxygen atoms in total. The maximum atomic E-state index is 10.6. The first-order valence-electron chi connectivity index (χ1n) is 3.00. The minimum Gasteiger partial charge on any atom is -0.451 e. The van der Waals surface area contributed by atoms with Crippen LogP contribution in [0.3, 0.4) is 0 Å².